The molecule has 0 spiro atoms. The predicted molar refractivity (Wildman–Crippen MR) is 76.0 cm³/mol. The van der Waals surface area contributed by atoms with Crippen LogP contribution in [0.2, 0.25) is 0 Å². The first kappa shape index (κ1) is 16.3. The summed E-state index contributed by atoms with van der Waals surface area (Å²) in [6, 6.07) is 0. The third-order valence-corrected chi connectivity index (χ3v) is 6.52. The molecular formula is C11H17N3O5S2. The molecule has 1 aliphatic rings. The summed E-state index contributed by atoms with van der Waals surface area (Å²) in [5.74, 6) is -1.34. The number of carboxylic acid groups (broad SMARTS) is 1. The molecule has 1 aliphatic heterocycles. The number of aliphatic hydroxyl groups is 1. The van der Waals surface area contributed by atoms with Gasteiger partial charge in [0, 0.05) is 26.2 Å². The maximum absolute atomic E-state index is 12.6. The Balaban J connectivity index is 2.20. The van der Waals surface area contributed by atoms with Crippen LogP contribution < -0.4 is 0 Å². The monoisotopic (exact) mass is 335 g/mol. The van der Waals surface area contributed by atoms with Gasteiger partial charge < -0.3 is 10.2 Å². The van der Waals surface area contributed by atoms with Crippen molar-refractivity contribution in [2.24, 2.45) is 0 Å². The molecule has 0 aromatic carbocycles. The molecular weight excluding hydrogens is 318 g/mol. The molecule has 2 heterocycles. The van der Waals surface area contributed by atoms with E-state index in [1.807, 2.05) is 4.90 Å². The standard InChI is InChI=1S/C11H17N3O5S2/c15-7-6-13-2-1-3-14(5-4-13)21(18,19)11-9(10(16)17)12-8-20-11/h8,15H,1-7H2,(H,16,17). The number of β-amino-alcohol motifs (C(OH)–C–C–N with tert-alkyl or cyclic N) is 1. The maximum Gasteiger partial charge on any atom is 0.356 e. The predicted octanol–water partition coefficient (Wildman–Crippen LogP) is -0.470. The molecule has 0 atom stereocenters. The highest BCUT2D eigenvalue weighted by Crippen LogP contribution is 2.25. The molecule has 2 rings (SSSR count). The Hall–Kier alpha value is -1.07. The van der Waals surface area contributed by atoms with Gasteiger partial charge in [0.15, 0.2) is 9.90 Å². The van der Waals surface area contributed by atoms with E-state index in [2.05, 4.69) is 4.98 Å². The minimum absolute atomic E-state index is 0.0325. The minimum Gasteiger partial charge on any atom is -0.476 e. The number of aliphatic hydroxyl groups excluding tert-OH is 1. The van der Waals surface area contributed by atoms with Gasteiger partial charge in [0.1, 0.15) is 0 Å². The first-order chi connectivity index (χ1) is 9.96. The van der Waals surface area contributed by atoms with E-state index in [4.69, 9.17) is 10.2 Å². The molecule has 0 amide bonds. The quantitative estimate of drug-likeness (QED) is 0.748. The van der Waals surface area contributed by atoms with E-state index in [1.54, 1.807) is 0 Å². The third kappa shape index (κ3) is 3.58. The zero-order valence-electron chi connectivity index (χ0n) is 11.3. The Morgan fingerprint density at radius 1 is 1.33 bits per heavy atom. The molecule has 0 bridgehead atoms. The van der Waals surface area contributed by atoms with Gasteiger partial charge in [0.2, 0.25) is 0 Å². The number of hydrogen-bond acceptors (Lipinski definition) is 7. The molecule has 118 valence electrons. The fourth-order valence-electron chi connectivity index (χ4n) is 2.23. The van der Waals surface area contributed by atoms with Crippen molar-refractivity contribution in [2.75, 3.05) is 39.3 Å². The minimum atomic E-state index is -3.84. The third-order valence-electron chi connectivity index (χ3n) is 3.28. The van der Waals surface area contributed by atoms with Crippen LogP contribution in [0.25, 0.3) is 0 Å². The van der Waals surface area contributed by atoms with Crippen LogP contribution in [-0.2, 0) is 10.0 Å². The van der Waals surface area contributed by atoms with Crippen LogP contribution in [0, 0.1) is 0 Å². The Bertz CT molecular complexity index is 601. The van der Waals surface area contributed by atoms with Crippen molar-refractivity contribution >= 4 is 27.3 Å². The summed E-state index contributed by atoms with van der Waals surface area (Å²) in [5.41, 5.74) is 0.808. The van der Waals surface area contributed by atoms with Crippen LogP contribution in [-0.4, -0.2) is 78.1 Å². The number of nitrogens with zero attached hydrogens (tertiary/aromatic N) is 3. The van der Waals surface area contributed by atoms with Gasteiger partial charge in [-0.15, -0.1) is 11.3 Å². The summed E-state index contributed by atoms with van der Waals surface area (Å²) < 4.78 is 26.2. The normalized spacial score (nSPS) is 18.5. The van der Waals surface area contributed by atoms with Crippen molar-refractivity contribution in [3.63, 3.8) is 0 Å². The second-order valence-electron chi connectivity index (χ2n) is 4.62. The Labute approximate surface area is 126 Å². The molecule has 1 aromatic rings. The number of aromatic nitrogens is 1. The zero-order chi connectivity index (χ0) is 15.5. The van der Waals surface area contributed by atoms with Crippen molar-refractivity contribution in [1.29, 1.82) is 0 Å². The van der Waals surface area contributed by atoms with E-state index in [0.29, 0.717) is 32.6 Å². The van der Waals surface area contributed by atoms with Gasteiger partial charge in [0.25, 0.3) is 10.0 Å². The Morgan fingerprint density at radius 2 is 2.10 bits per heavy atom. The average Bonchev–Trinajstić information content (AvgIpc) is 2.81. The molecule has 1 aromatic heterocycles. The molecule has 1 saturated heterocycles. The largest absolute Gasteiger partial charge is 0.476 e. The average molecular weight is 335 g/mol. The van der Waals surface area contributed by atoms with E-state index in [-0.39, 0.29) is 17.4 Å². The highest BCUT2D eigenvalue weighted by atomic mass is 32.2. The first-order valence-corrected chi connectivity index (χ1v) is 8.79. The summed E-state index contributed by atoms with van der Waals surface area (Å²) in [4.78, 5) is 16.6. The molecule has 1 fully saturated rings. The van der Waals surface area contributed by atoms with Gasteiger partial charge in [-0.25, -0.2) is 18.2 Å². The molecule has 21 heavy (non-hydrogen) atoms. The van der Waals surface area contributed by atoms with Gasteiger partial charge >= 0.3 is 5.97 Å². The smallest absolute Gasteiger partial charge is 0.356 e. The van der Waals surface area contributed by atoms with E-state index in [0.717, 1.165) is 11.3 Å². The summed E-state index contributed by atoms with van der Waals surface area (Å²) in [7, 11) is -3.84. The lowest BCUT2D eigenvalue weighted by Gasteiger charge is -2.20. The summed E-state index contributed by atoms with van der Waals surface area (Å²) in [6.07, 6.45) is 0.639. The van der Waals surface area contributed by atoms with Gasteiger partial charge in [-0.2, -0.15) is 4.31 Å². The number of rotatable bonds is 5. The second kappa shape index (κ2) is 6.79. The van der Waals surface area contributed by atoms with Crippen LogP contribution in [0.5, 0.6) is 0 Å². The van der Waals surface area contributed by atoms with Crippen LogP contribution in [0.3, 0.4) is 0 Å². The fourth-order valence-corrected chi connectivity index (χ4v) is 4.98. The Morgan fingerprint density at radius 3 is 2.76 bits per heavy atom. The molecule has 0 saturated carbocycles. The van der Waals surface area contributed by atoms with Crippen LogP contribution in [0.4, 0.5) is 0 Å². The van der Waals surface area contributed by atoms with Gasteiger partial charge in [-0.1, -0.05) is 0 Å². The number of sulfonamides is 1. The maximum atomic E-state index is 12.6. The summed E-state index contributed by atoms with van der Waals surface area (Å²) in [6.45, 7) is 2.38. The van der Waals surface area contributed by atoms with E-state index in [9.17, 15) is 13.2 Å². The van der Waals surface area contributed by atoms with Crippen LogP contribution in [0.15, 0.2) is 9.72 Å². The zero-order valence-corrected chi connectivity index (χ0v) is 12.9. The second-order valence-corrected chi connectivity index (χ2v) is 7.60. The van der Waals surface area contributed by atoms with Gasteiger partial charge in [-0.3, -0.25) is 4.90 Å². The van der Waals surface area contributed by atoms with Crippen molar-refractivity contribution < 1.29 is 23.4 Å². The summed E-state index contributed by atoms with van der Waals surface area (Å²) >= 11 is 0.821. The lowest BCUT2D eigenvalue weighted by atomic mass is 10.4. The lowest BCUT2D eigenvalue weighted by Crippen LogP contribution is -2.36. The van der Waals surface area contributed by atoms with E-state index >= 15 is 0 Å². The van der Waals surface area contributed by atoms with Crippen molar-refractivity contribution in [2.45, 2.75) is 10.6 Å². The Kier molecular flexibility index (Phi) is 5.27. The number of hydrogen-bond donors (Lipinski definition) is 2. The first-order valence-electron chi connectivity index (χ1n) is 6.47. The molecule has 0 unspecified atom stereocenters. The number of carbonyl (C=O) groups is 1. The van der Waals surface area contributed by atoms with Gasteiger partial charge in [-0.05, 0) is 13.0 Å². The highest BCUT2D eigenvalue weighted by molar-refractivity contribution is 7.91. The molecule has 0 radical (unpaired) electrons. The van der Waals surface area contributed by atoms with Crippen molar-refractivity contribution in [1.82, 2.24) is 14.2 Å². The summed E-state index contributed by atoms with van der Waals surface area (Å²) in [5, 5.41) is 17.9. The molecule has 2 N–H and O–H groups in total. The SMILES string of the molecule is O=C(O)c1ncsc1S(=O)(=O)N1CCCN(CCO)CC1. The molecule has 10 heteroatoms. The van der Waals surface area contributed by atoms with E-state index < -0.39 is 21.7 Å². The van der Waals surface area contributed by atoms with Crippen molar-refractivity contribution in [3.8, 4) is 0 Å². The lowest BCUT2D eigenvalue weighted by molar-refractivity contribution is 0.0687. The number of thiazole rings is 1. The highest BCUT2D eigenvalue weighted by Gasteiger charge is 2.32. The van der Waals surface area contributed by atoms with Gasteiger partial charge in [0.05, 0.1) is 12.1 Å². The number of carboxylic acids is 1. The van der Waals surface area contributed by atoms with Crippen LogP contribution >= 0.6 is 11.3 Å². The topological polar surface area (TPSA) is 111 Å². The number of aromatic carboxylic acids is 1. The molecule has 0 aliphatic carbocycles. The van der Waals surface area contributed by atoms with E-state index in [1.165, 1.54) is 9.82 Å². The van der Waals surface area contributed by atoms with Crippen LogP contribution in [0.1, 0.15) is 16.9 Å². The van der Waals surface area contributed by atoms with Crippen molar-refractivity contribution in [3.05, 3.63) is 11.2 Å². The molecule has 8 nitrogen and oxygen atoms in total. The fraction of sp³-hybridized carbons (Fsp3) is 0.636.